The first kappa shape index (κ1) is 23.1. The normalized spacial score (nSPS) is 14.1. The summed E-state index contributed by atoms with van der Waals surface area (Å²) >= 11 is 0. The molecule has 0 fully saturated rings. The highest BCUT2D eigenvalue weighted by atomic mass is 16.4. The van der Waals surface area contributed by atoms with Crippen molar-refractivity contribution < 1.29 is 20.1 Å². The summed E-state index contributed by atoms with van der Waals surface area (Å²) in [6.45, 7) is 2.14. The zero-order valence-corrected chi connectivity index (χ0v) is 15.5. The molecule has 3 N–H and O–H groups in total. The molecule has 0 aliphatic carbocycles. The second kappa shape index (κ2) is 17.0. The maximum absolute atomic E-state index is 10.3. The molecule has 0 aliphatic heterocycles. The number of aliphatic hydroxyl groups excluding tert-OH is 2. The van der Waals surface area contributed by atoms with E-state index in [2.05, 4.69) is 19.1 Å². The SMILES string of the molecule is CCCCCC(O)C(O)CCCCCCCC=CCCCC(=O)O. The molecule has 0 heterocycles. The first-order valence-electron chi connectivity index (χ1n) is 9.80. The summed E-state index contributed by atoms with van der Waals surface area (Å²) in [7, 11) is 0. The van der Waals surface area contributed by atoms with Gasteiger partial charge in [0.2, 0.25) is 0 Å². The maximum Gasteiger partial charge on any atom is 0.303 e. The van der Waals surface area contributed by atoms with Gasteiger partial charge in [-0.05, 0) is 38.5 Å². The lowest BCUT2D eigenvalue weighted by Crippen LogP contribution is -2.25. The molecule has 2 unspecified atom stereocenters. The topological polar surface area (TPSA) is 77.8 Å². The quantitative estimate of drug-likeness (QED) is 0.261. The lowest BCUT2D eigenvalue weighted by atomic mass is 10.0. The predicted molar refractivity (Wildman–Crippen MR) is 99.1 cm³/mol. The fourth-order valence-corrected chi connectivity index (χ4v) is 2.74. The van der Waals surface area contributed by atoms with Crippen LogP contribution in [-0.2, 0) is 4.79 Å². The lowest BCUT2D eigenvalue weighted by molar-refractivity contribution is -0.137. The van der Waals surface area contributed by atoms with Gasteiger partial charge in [-0.25, -0.2) is 0 Å². The summed E-state index contributed by atoms with van der Waals surface area (Å²) in [4.78, 5) is 10.3. The predicted octanol–water partition coefficient (Wildman–Crippen LogP) is 4.83. The number of unbranched alkanes of at least 4 members (excludes halogenated alkanes) is 8. The second-order valence-electron chi connectivity index (χ2n) is 6.73. The molecule has 0 bridgehead atoms. The minimum atomic E-state index is -0.720. The van der Waals surface area contributed by atoms with Crippen molar-refractivity contribution in [3.63, 3.8) is 0 Å². The Morgan fingerprint density at radius 1 is 0.792 bits per heavy atom. The smallest absolute Gasteiger partial charge is 0.303 e. The highest BCUT2D eigenvalue weighted by Crippen LogP contribution is 2.14. The third-order valence-electron chi connectivity index (χ3n) is 4.35. The summed E-state index contributed by atoms with van der Waals surface area (Å²) in [6, 6.07) is 0. The Morgan fingerprint density at radius 2 is 1.29 bits per heavy atom. The van der Waals surface area contributed by atoms with E-state index in [-0.39, 0.29) is 6.42 Å². The van der Waals surface area contributed by atoms with Gasteiger partial charge in [0.05, 0.1) is 12.2 Å². The molecule has 0 aromatic heterocycles. The van der Waals surface area contributed by atoms with Crippen molar-refractivity contribution in [1.29, 1.82) is 0 Å². The molecule has 4 heteroatoms. The molecule has 24 heavy (non-hydrogen) atoms. The van der Waals surface area contributed by atoms with Gasteiger partial charge in [-0.1, -0.05) is 64.0 Å². The van der Waals surface area contributed by atoms with Gasteiger partial charge in [-0.3, -0.25) is 4.79 Å². The fraction of sp³-hybridized carbons (Fsp3) is 0.850. The van der Waals surface area contributed by atoms with E-state index >= 15 is 0 Å². The number of carbonyl (C=O) groups is 1. The van der Waals surface area contributed by atoms with Crippen molar-refractivity contribution in [1.82, 2.24) is 0 Å². The Bertz CT molecular complexity index is 315. The van der Waals surface area contributed by atoms with Gasteiger partial charge in [-0.15, -0.1) is 0 Å². The Labute approximate surface area is 148 Å². The van der Waals surface area contributed by atoms with E-state index in [1.54, 1.807) is 0 Å². The van der Waals surface area contributed by atoms with Crippen molar-refractivity contribution >= 4 is 5.97 Å². The number of aliphatic hydroxyl groups is 2. The van der Waals surface area contributed by atoms with E-state index in [0.717, 1.165) is 57.8 Å². The first-order valence-corrected chi connectivity index (χ1v) is 9.80. The summed E-state index contributed by atoms with van der Waals surface area (Å²) in [6.07, 6.45) is 16.3. The van der Waals surface area contributed by atoms with Gasteiger partial charge >= 0.3 is 5.97 Å². The van der Waals surface area contributed by atoms with Gasteiger partial charge in [-0.2, -0.15) is 0 Å². The number of hydrogen-bond acceptors (Lipinski definition) is 3. The van der Waals surface area contributed by atoms with E-state index in [0.29, 0.717) is 12.8 Å². The zero-order valence-electron chi connectivity index (χ0n) is 15.5. The van der Waals surface area contributed by atoms with Crippen LogP contribution in [0.4, 0.5) is 0 Å². The minimum absolute atomic E-state index is 0.253. The van der Waals surface area contributed by atoms with Crippen molar-refractivity contribution in [2.75, 3.05) is 0 Å². The van der Waals surface area contributed by atoms with E-state index in [1.165, 1.54) is 12.8 Å². The van der Waals surface area contributed by atoms with Crippen LogP contribution in [0.3, 0.4) is 0 Å². The number of allylic oxidation sites excluding steroid dienone is 2. The van der Waals surface area contributed by atoms with Crippen molar-refractivity contribution in [3.05, 3.63) is 12.2 Å². The Hall–Kier alpha value is -0.870. The molecule has 0 aromatic carbocycles. The van der Waals surface area contributed by atoms with Crippen molar-refractivity contribution in [2.45, 2.75) is 109 Å². The van der Waals surface area contributed by atoms with E-state index in [4.69, 9.17) is 5.11 Å². The third kappa shape index (κ3) is 16.0. The number of rotatable bonds is 17. The second-order valence-corrected chi connectivity index (χ2v) is 6.73. The summed E-state index contributed by atoms with van der Waals surface area (Å²) in [5.74, 6) is -0.720. The molecule has 0 saturated heterocycles. The van der Waals surface area contributed by atoms with Crippen LogP contribution in [0.15, 0.2) is 12.2 Å². The summed E-state index contributed by atoms with van der Waals surface area (Å²) in [5.41, 5.74) is 0. The van der Waals surface area contributed by atoms with Gasteiger partial charge in [0, 0.05) is 6.42 Å². The molecular weight excluding hydrogens is 304 g/mol. The van der Waals surface area contributed by atoms with Gasteiger partial charge in [0.1, 0.15) is 0 Å². The van der Waals surface area contributed by atoms with Crippen LogP contribution < -0.4 is 0 Å². The molecule has 0 radical (unpaired) electrons. The molecule has 0 aromatic rings. The Kier molecular flexibility index (Phi) is 16.4. The monoisotopic (exact) mass is 342 g/mol. The maximum atomic E-state index is 10.3. The summed E-state index contributed by atoms with van der Waals surface area (Å²) in [5, 5.41) is 28.3. The van der Waals surface area contributed by atoms with Crippen LogP contribution in [-0.4, -0.2) is 33.5 Å². The molecule has 4 nitrogen and oxygen atoms in total. The molecule has 0 saturated carbocycles. The van der Waals surface area contributed by atoms with Crippen molar-refractivity contribution in [2.24, 2.45) is 0 Å². The minimum Gasteiger partial charge on any atom is -0.481 e. The number of hydrogen-bond donors (Lipinski definition) is 3. The number of carboxylic acid groups (broad SMARTS) is 1. The average molecular weight is 343 g/mol. The largest absolute Gasteiger partial charge is 0.481 e. The molecule has 0 aliphatic rings. The third-order valence-corrected chi connectivity index (χ3v) is 4.35. The van der Waals surface area contributed by atoms with E-state index < -0.39 is 18.2 Å². The highest BCUT2D eigenvalue weighted by molar-refractivity contribution is 5.66. The van der Waals surface area contributed by atoms with Crippen LogP contribution in [0.2, 0.25) is 0 Å². The summed E-state index contributed by atoms with van der Waals surface area (Å²) < 4.78 is 0. The van der Waals surface area contributed by atoms with E-state index in [9.17, 15) is 15.0 Å². The zero-order chi connectivity index (χ0) is 18.0. The van der Waals surface area contributed by atoms with Gasteiger partial charge in [0.25, 0.3) is 0 Å². The molecule has 2 atom stereocenters. The van der Waals surface area contributed by atoms with Crippen LogP contribution in [0.1, 0.15) is 96.8 Å². The fourth-order valence-electron chi connectivity index (χ4n) is 2.74. The van der Waals surface area contributed by atoms with Gasteiger partial charge < -0.3 is 15.3 Å². The highest BCUT2D eigenvalue weighted by Gasteiger charge is 2.14. The molecular formula is C20H38O4. The standard InChI is InChI=1S/C20H38O4/c1-2-3-12-15-18(21)19(22)16-13-10-8-6-4-5-7-9-11-14-17-20(23)24/h7,9,18-19,21-22H,2-6,8,10-17H2,1H3,(H,23,24). The van der Waals surface area contributed by atoms with Crippen LogP contribution in [0, 0.1) is 0 Å². The molecule has 0 spiro atoms. The number of aliphatic carboxylic acids is 1. The number of carboxylic acids is 1. The Morgan fingerprint density at radius 3 is 1.88 bits per heavy atom. The Balaban J connectivity index is 3.35. The van der Waals surface area contributed by atoms with Crippen LogP contribution in [0.25, 0.3) is 0 Å². The average Bonchev–Trinajstić information content (AvgIpc) is 2.55. The molecule has 0 amide bonds. The molecule has 142 valence electrons. The van der Waals surface area contributed by atoms with E-state index in [1.807, 2.05) is 0 Å². The van der Waals surface area contributed by atoms with Crippen molar-refractivity contribution in [3.8, 4) is 0 Å². The lowest BCUT2D eigenvalue weighted by Gasteiger charge is -2.17. The van der Waals surface area contributed by atoms with Crippen LogP contribution >= 0.6 is 0 Å². The van der Waals surface area contributed by atoms with Gasteiger partial charge in [0.15, 0.2) is 0 Å². The van der Waals surface area contributed by atoms with Crippen LogP contribution in [0.5, 0.6) is 0 Å². The first-order chi connectivity index (χ1) is 11.6. The molecule has 0 rings (SSSR count).